The Labute approximate surface area is 208 Å². The van der Waals surface area contributed by atoms with Crippen molar-refractivity contribution in [1.82, 2.24) is 0 Å². The highest BCUT2D eigenvalue weighted by atomic mass is 35.5. The molecule has 0 spiro atoms. The summed E-state index contributed by atoms with van der Waals surface area (Å²) >= 11 is 13.7. The number of hydrogen-bond acceptors (Lipinski definition) is 3. The van der Waals surface area contributed by atoms with Crippen molar-refractivity contribution in [3.63, 3.8) is 0 Å². The Bertz CT molecular complexity index is 1210. The van der Waals surface area contributed by atoms with E-state index in [2.05, 4.69) is 38.2 Å². The molecule has 3 aromatic rings. The SMILES string of the molecule is CC(C)(C)c1ccc(N2C(=O)CS[C@H]2c2cccc(NC(=O)c3ccc(Cl)cc3Cl)c2)cc1. The van der Waals surface area contributed by atoms with Gasteiger partial charge in [-0.1, -0.05) is 68.2 Å². The largest absolute Gasteiger partial charge is 0.322 e. The van der Waals surface area contributed by atoms with Crippen LogP contribution < -0.4 is 10.2 Å². The highest BCUT2D eigenvalue weighted by Crippen LogP contribution is 2.42. The molecule has 4 nitrogen and oxygen atoms in total. The van der Waals surface area contributed by atoms with Crippen molar-refractivity contribution >= 4 is 58.2 Å². The lowest BCUT2D eigenvalue weighted by molar-refractivity contribution is -0.115. The van der Waals surface area contributed by atoms with Gasteiger partial charge in [0.15, 0.2) is 0 Å². The average Bonchev–Trinajstić information content (AvgIpc) is 3.14. The molecule has 1 heterocycles. The molecule has 0 radical (unpaired) electrons. The number of nitrogens with zero attached hydrogens (tertiary/aromatic N) is 1. The van der Waals surface area contributed by atoms with E-state index in [1.807, 2.05) is 41.3 Å². The van der Waals surface area contributed by atoms with E-state index in [1.165, 1.54) is 11.6 Å². The number of carbonyl (C=O) groups excluding carboxylic acids is 2. The van der Waals surface area contributed by atoms with E-state index < -0.39 is 0 Å². The van der Waals surface area contributed by atoms with Crippen molar-refractivity contribution in [1.29, 1.82) is 0 Å². The first-order valence-corrected chi connectivity index (χ1v) is 12.3. The predicted molar refractivity (Wildman–Crippen MR) is 139 cm³/mol. The fraction of sp³-hybridized carbons (Fsp3) is 0.231. The van der Waals surface area contributed by atoms with Gasteiger partial charge in [-0.2, -0.15) is 0 Å². The molecule has 1 saturated heterocycles. The normalized spacial score (nSPS) is 16.2. The van der Waals surface area contributed by atoms with Crippen molar-refractivity contribution < 1.29 is 9.59 Å². The predicted octanol–water partition coefficient (Wildman–Crippen LogP) is 7.32. The molecule has 3 aromatic carbocycles. The van der Waals surface area contributed by atoms with Gasteiger partial charge in [-0.25, -0.2) is 0 Å². The first-order valence-electron chi connectivity index (χ1n) is 10.5. The van der Waals surface area contributed by atoms with E-state index in [0.717, 1.165) is 11.3 Å². The number of rotatable bonds is 4. The quantitative estimate of drug-likeness (QED) is 0.409. The minimum Gasteiger partial charge on any atom is -0.322 e. The first-order chi connectivity index (χ1) is 15.6. The third-order valence-electron chi connectivity index (χ3n) is 5.48. The van der Waals surface area contributed by atoms with Gasteiger partial charge in [-0.3, -0.25) is 14.5 Å². The Morgan fingerprint density at radius 3 is 2.42 bits per heavy atom. The summed E-state index contributed by atoms with van der Waals surface area (Å²) in [6, 6.07) is 20.5. The number of nitrogens with one attached hydrogen (secondary N) is 1. The van der Waals surface area contributed by atoms with Crippen LogP contribution >= 0.6 is 35.0 Å². The smallest absolute Gasteiger partial charge is 0.257 e. The number of amides is 2. The fourth-order valence-corrected chi connectivity index (χ4v) is 5.38. The van der Waals surface area contributed by atoms with Crippen molar-refractivity contribution in [2.45, 2.75) is 31.6 Å². The Kier molecular flexibility index (Phi) is 6.76. The summed E-state index contributed by atoms with van der Waals surface area (Å²) < 4.78 is 0. The first kappa shape index (κ1) is 23.7. The maximum atomic E-state index is 12.8. The van der Waals surface area contributed by atoms with Crippen LogP contribution in [-0.4, -0.2) is 17.6 Å². The van der Waals surface area contributed by atoms with Gasteiger partial charge >= 0.3 is 0 Å². The molecule has 1 atom stereocenters. The molecule has 1 aliphatic heterocycles. The Hall–Kier alpha value is -2.47. The van der Waals surface area contributed by atoms with E-state index in [-0.39, 0.29) is 27.6 Å². The molecule has 0 bridgehead atoms. The number of thioether (sulfide) groups is 1. The minimum atomic E-state index is -0.321. The van der Waals surface area contributed by atoms with Gasteiger partial charge < -0.3 is 5.32 Å². The lowest BCUT2D eigenvalue weighted by Crippen LogP contribution is -2.28. The van der Waals surface area contributed by atoms with Gasteiger partial charge in [0.1, 0.15) is 5.37 Å². The summed E-state index contributed by atoms with van der Waals surface area (Å²) in [5.41, 5.74) is 4.04. The average molecular weight is 499 g/mol. The lowest BCUT2D eigenvalue weighted by atomic mass is 9.87. The highest BCUT2D eigenvalue weighted by Gasteiger charge is 2.34. The molecular formula is C26H24Cl2N2O2S. The van der Waals surface area contributed by atoms with E-state index in [9.17, 15) is 9.59 Å². The van der Waals surface area contributed by atoms with Gasteiger partial charge in [0, 0.05) is 16.4 Å². The topological polar surface area (TPSA) is 49.4 Å². The van der Waals surface area contributed by atoms with Crippen LogP contribution in [0.5, 0.6) is 0 Å². The summed E-state index contributed by atoms with van der Waals surface area (Å²) in [4.78, 5) is 27.3. The number of carbonyl (C=O) groups is 2. The molecule has 0 saturated carbocycles. The second-order valence-corrected chi connectivity index (χ2v) is 10.8. The Morgan fingerprint density at radius 2 is 1.76 bits per heavy atom. The van der Waals surface area contributed by atoms with E-state index in [1.54, 1.807) is 23.9 Å². The van der Waals surface area contributed by atoms with E-state index in [0.29, 0.717) is 22.0 Å². The zero-order valence-electron chi connectivity index (χ0n) is 18.6. The molecule has 0 aliphatic carbocycles. The molecule has 1 aliphatic rings. The van der Waals surface area contributed by atoms with Crippen molar-refractivity contribution in [2.75, 3.05) is 16.0 Å². The van der Waals surface area contributed by atoms with Crippen LogP contribution in [-0.2, 0) is 10.2 Å². The third-order valence-corrected chi connectivity index (χ3v) is 7.24. The summed E-state index contributed by atoms with van der Waals surface area (Å²) in [7, 11) is 0. The van der Waals surface area contributed by atoms with Crippen LogP contribution in [0.2, 0.25) is 10.0 Å². The highest BCUT2D eigenvalue weighted by molar-refractivity contribution is 8.00. The summed E-state index contributed by atoms with van der Waals surface area (Å²) in [5, 5.41) is 3.48. The molecule has 0 unspecified atom stereocenters. The second kappa shape index (κ2) is 9.41. The summed E-state index contributed by atoms with van der Waals surface area (Å²) in [6.45, 7) is 6.50. The maximum absolute atomic E-state index is 12.8. The number of benzene rings is 3. The van der Waals surface area contributed by atoms with Crippen LogP contribution in [0.15, 0.2) is 66.7 Å². The van der Waals surface area contributed by atoms with Gasteiger partial charge in [-0.05, 0) is 59.0 Å². The Morgan fingerprint density at radius 1 is 1.03 bits per heavy atom. The zero-order valence-corrected chi connectivity index (χ0v) is 20.9. The monoisotopic (exact) mass is 498 g/mol. The van der Waals surface area contributed by atoms with Crippen LogP contribution in [0.1, 0.15) is 47.6 Å². The molecular weight excluding hydrogens is 475 g/mol. The molecule has 33 heavy (non-hydrogen) atoms. The van der Waals surface area contributed by atoms with Crippen LogP contribution in [0, 0.1) is 0 Å². The van der Waals surface area contributed by atoms with E-state index >= 15 is 0 Å². The third kappa shape index (κ3) is 5.21. The number of hydrogen-bond donors (Lipinski definition) is 1. The lowest BCUT2D eigenvalue weighted by Gasteiger charge is -2.26. The molecule has 2 amide bonds. The molecule has 170 valence electrons. The van der Waals surface area contributed by atoms with Crippen LogP contribution in [0.3, 0.4) is 0 Å². The van der Waals surface area contributed by atoms with Gasteiger partial charge in [0.25, 0.3) is 5.91 Å². The molecule has 1 N–H and O–H groups in total. The van der Waals surface area contributed by atoms with Crippen LogP contribution in [0.25, 0.3) is 0 Å². The maximum Gasteiger partial charge on any atom is 0.257 e. The van der Waals surface area contributed by atoms with Crippen LogP contribution in [0.4, 0.5) is 11.4 Å². The van der Waals surface area contributed by atoms with Crippen molar-refractivity contribution in [3.8, 4) is 0 Å². The molecule has 1 fully saturated rings. The standard InChI is InChI=1S/C26H24Cl2N2O2S/c1-26(2,3)17-7-10-20(11-8-17)30-23(31)15-33-25(30)16-5-4-6-19(13-16)29-24(32)21-12-9-18(27)14-22(21)28/h4-14,25H,15H2,1-3H3,(H,29,32)/t25-/m0/s1. The van der Waals surface area contributed by atoms with Crippen molar-refractivity contribution in [3.05, 3.63) is 93.5 Å². The molecule has 4 rings (SSSR count). The second-order valence-electron chi connectivity index (χ2n) is 8.93. The number of anilines is 2. The van der Waals surface area contributed by atoms with Gasteiger partial charge in [0.05, 0.1) is 16.3 Å². The summed E-state index contributed by atoms with van der Waals surface area (Å²) in [6.07, 6.45) is 0. The molecule has 0 aromatic heterocycles. The van der Waals surface area contributed by atoms with E-state index in [4.69, 9.17) is 23.2 Å². The fourth-order valence-electron chi connectivity index (χ4n) is 3.71. The number of halogens is 2. The molecule has 7 heteroatoms. The summed E-state index contributed by atoms with van der Waals surface area (Å²) in [5.74, 6) is 0.150. The minimum absolute atomic E-state index is 0.0429. The van der Waals surface area contributed by atoms with Gasteiger partial charge in [-0.15, -0.1) is 11.8 Å². The van der Waals surface area contributed by atoms with Crippen molar-refractivity contribution in [2.24, 2.45) is 0 Å². The Balaban J connectivity index is 1.58. The van der Waals surface area contributed by atoms with Gasteiger partial charge in [0.2, 0.25) is 5.91 Å². The zero-order chi connectivity index (χ0) is 23.8.